The molecule has 1 saturated heterocycles. The monoisotopic (exact) mass is 310 g/mol. The fourth-order valence-electron chi connectivity index (χ4n) is 2.82. The number of carbonyl (C=O) groups excluding carboxylic acids is 1. The summed E-state index contributed by atoms with van der Waals surface area (Å²) in [6, 6.07) is 16.3. The standard InChI is InChI=1S/C17H18N4O2/c1-20-11-12-21(17(22)18-14-5-3-2-4-6-14)16(20)13-7-9-15(19-23)10-8-13/h2-10,16H,11-12H2,1H3,(H,18,22). The number of nitroso groups, excluding NO2 is 1. The number of likely N-dealkylation sites (N-methyl/N-ethyl adjacent to an activating group) is 1. The molecule has 0 radical (unpaired) electrons. The van der Waals surface area contributed by atoms with Crippen molar-refractivity contribution in [3.8, 4) is 0 Å². The molecular weight excluding hydrogens is 292 g/mol. The minimum absolute atomic E-state index is 0.136. The summed E-state index contributed by atoms with van der Waals surface area (Å²) in [5.41, 5.74) is 2.11. The SMILES string of the molecule is CN1CCN(C(=O)Nc2ccccc2)C1c1ccc(N=O)cc1. The van der Waals surface area contributed by atoms with Crippen LogP contribution in [0.4, 0.5) is 16.2 Å². The Kier molecular flexibility index (Phi) is 4.34. The van der Waals surface area contributed by atoms with Crippen molar-refractivity contribution >= 4 is 17.4 Å². The molecule has 6 heteroatoms. The normalized spacial score (nSPS) is 18.0. The Morgan fingerprint density at radius 2 is 1.78 bits per heavy atom. The molecule has 1 atom stereocenters. The molecule has 0 bridgehead atoms. The fourth-order valence-corrected chi connectivity index (χ4v) is 2.82. The van der Waals surface area contributed by atoms with Crippen LogP contribution in [0.15, 0.2) is 59.8 Å². The van der Waals surface area contributed by atoms with Gasteiger partial charge in [-0.1, -0.05) is 30.3 Å². The smallest absolute Gasteiger partial charge is 0.308 e. The molecule has 6 nitrogen and oxygen atoms in total. The van der Waals surface area contributed by atoms with Crippen LogP contribution >= 0.6 is 0 Å². The lowest BCUT2D eigenvalue weighted by molar-refractivity contribution is 0.169. The Hall–Kier alpha value is -2.73. The molecule has 1 N–H and O–H groups in total. The Morgan fingerprint density at radius 3 is 2.43 bits per heavy atom. The van der Waals surface area contributed by atoms with E-state index in [1.807, 2.05) is 49.5 Å². The van der Waals surface area contributed by atoms with E-state index < -0.39 is 0 Å². The molecule has 0 spiro atoms. The van der Waals surface area contributed by atoms with Gasteiger partial charge in [-0.15, -0.1) is 4.91 Å². The summed E-state index contributed by atoms with van der Waals surface area (Å²) in [4.78, 5) is 27.0. The third-order valence-electron chi connectivity index (χ3n) is 3.99. The molecule has 1 unspecified atom stereocenters. The highest BCUT2D eigenvalue weighted by Crippen LogP contribution is 2.30. The molecular formula is C17H18N4O2. The van der Waals surface area contributed by atoms with Crippen LogP contribution in [0.25, 0.3) is 0 Å². The van der Waals surface area contributed by atoms with E-state index in [9.17, 15) is 9.70 Å². The van der Waals surface area contributed by atoms with Gasteiger partial charge >= 0.3 is 6.03 Å². The molecule has 1 aliphatic rings. The number of nitrogens with one attached hydrogen (secondary N) is 1. The molecule has 0 aliphatic carbocycles. The Morgan fingerprint density at radius 1 is 1.09 bits per heavy atom. The summed E-state index contributed by atoms with van der Waals surface area (Å²) in [5.74, 6) is 0. The molecule has 2 aromatic rings. The van der Waals surface area contributed by atoms with Gasteiger partial charge in [0.25, 0.3) is 0 Å². The largest absolute Gasteiger partial charge is 0.323 e. The summed E-state index contributed by atoms with van der Waals surface area (Å²) in [7, 11) is 1.98. The molecule has 0 saturated carbocycles. The van der Waals surface area contributed by atoms with Crippen molar-refractivity contribution in [2.75, 3.05) is 25.5 Å². The van der Waals surface area contributed by atoms with Crippen LogP contribution in [0.1, 0.15) is 11.7 Å². The highest BCUT2D eigenvalue weighted by molar-refractivity contribution is 5.89. The van der Waals surface area contributed by atoms with E-state index in [4.69, 9.17) is 0 Å². The van der Waals surface area contributed by atoms with E-state index in [-0.39, 0.29) is 12.2 Å². The number of rotatable bonds is 3. The van der Waals surface area contributed by atoms with E-state index in [0.717, 1.165) is 17.8 Å². The molecule has 3 rings (SSSR count). The quantitative estimate of drug-likeness (QED) is 0.882. The number of benzene rings is 2. The van der Waals surface area contributed by atoms with Crippen LogP contribution in [0, 0.1) is 4.91 Å². The van der Waals surface area contributed by atoms with Crippen LogP contribution in [0.3, 0.4) is 0 Å². The molecule has 23 heavy (non-hydrogen) atoms. The van der Waals surface area contributed by atoms with Crippen molar-refractivity contribution in [2.45, 2.75) is 6.17 Å². The lowest BCUT2D eigenvalue weighted by Gasteiger charge is -2.28. The van der Waals surface area contributed by atoms with Gasteiger partial charge in [0.05, 0.1) is 0 Å². The highest BCUT2D eigenvalue weighted by atomic mass is 16.3. The zero-order chi connectivity index (χ0) is 16.2. The number of para-hydroxylation sites is 1. The summed E-state index contributed by atoms with van der Waals surface area (Å²) in [5, 5.41) is 5.83. The molecule has 2 aromatic carbocycles. The third kappa shape index (κ3) is 3.22. The van der Waals surface area contributed by atoms with Crippen molar-refractivity contribution in [1.82, 2.24) is 9.80 Å². The van der Waals surface area contributed by atoms with Crippen LogP contribution in [0.2, 0.25) is 0 Å². The first-order chi connectivity index (χ1) is 11.2. The van der Waals surface area contributed by atoms with Crippen LogP contribution in [-0.2, 0) is 0 Å². The van der Waals surface area contributed by atoms with Gasteiger partial charge in [-0.05, 0) is 42.1 Å². The zero-order valence-corrected chi connectivity index (χ0v) is 12.8. The summed E-state index contributed by atoms with van der Waals surface area (Å²) in [6.07, 6.45) is -0.153. The molecule has 1 fully saturated rings. The van der Waals surface area contributed by atoms with Gasteiger partial charge in [0.2, 0.25) is 0 Å². The first-order valence-corrected chi connectivity index (χ1v) is 7.45. The van der Waals surface area contributed by atoms with Gasteiger partial charge in [0, 0.05) is 18.8 Å². The maximum Gasteiger partial charge on any atom is 0.323 e. The van der Waals surface area contributed by atoms with Crippen molar-refractivity contribution in [3.63, 3.8) is 0 Å². The zero-order valence-electron chi connectivity index (χ0n) is 12.8. The summed E-state index contributed by atoms with van der Waals surface area (Å²) < 4.78 is 0. The lowest BCUT2D eigenvalue weighted by Crippen LogP contribution is -2.37. The van der Waals surface area contributed by atoms with E-state index >= 15 is 0 Å². The Bertz CT molecular complexity index is 687. The predicted octanol–water partition coefficient (Wildman–Crippen LogP) is 3.56. The summed E-state index contributed by atoms with van der Waals surface area (Å²) >= 11 is 0. The van der Waals surface area contributed by atoms with E-state index in [0.29, 0.717) is 12.2 Å². The van der Waals surface area contributed by atoms with Gasteiger partial charge < -0.3 is 10.2 Å². The summed E-state index contributed by atoms with van der Waals surface area (Å²) in [6.45, 7) is 1.44. The van der Waals surface area contributed by atoms with Gasteiger partial charge in [-0.3, -0.25) is 4.90 Å². The van der Waals surface area contributed by atoms with Crippen LogP contribution in [0.5, 0.6) is 0 Å². The number of amides is 2. The maximum absolute atomic E-state index is 12.6. The molecule has 1 heterocycles. The minimum atomic E-state index is -0.153. The van der Waals surface area contributed by atoms with Gasteiger partial charge in [0.1, 0.15) is 11.9 Å². The maximum atomic E-state index is 12.6. The number of carbonyl (C=O) groups is 1. The molecule has 1 aliphatic heterocycles. The first kappa shape index (κ1) is 15.2. The third-order valence-corrected chi connectivity index (χ3v) is 3.99. The minimum Gasteiger partial charge on any atom is -0.308 e. The van der Waals surface area contributed by atoms with E-state index in [1.165, 1.54) is 0 Å². The van der Waals surface area contributed by atoms with Gasteiger partial charge in [-0.2, -0.15) is 0 Å². The van der Waals surface area contributed by atoms with E-state index in [2.05, 4.69) is 15.4 Å². The number of hydrogen-bond acceptors (Lipinski definition) is 4. The van der Waals surface area contributed by atoms with Crippen molar-refractivity contribution in [1.29, 1.82) is 0 Å². The van der Waals surface area contributed by atoms with Crippen LogP contribution < -0.4 is 5.32 Å². The Balaban J connectivity index is 1.79. The predicted molar refractivity (Wildman–Crippen MR) is 89.4 cm³/mol. The second-order valence-corrected chi connectivity index (χ2v) is 5.53. The second kappa shape index (κ2) is 6.58. The van der Waals surface area contributed by atoms with Crippen molar-refractivity contribution in [2.24, 2.45) is 5.18 Å². The lowest BCUT2D eigenvalue weighted by atomic mass is 10.1. The van der Waals surface area contributed by atoms with Gasteiger partial charge in [-0.25, -0.2) is 4.79 Å². The topological polar surface area (TPSA) is 65.0 Å². The second-order valence-electron chi connectivity index (χ2n) is 5.53. The average molecular weight is 310 g/mol. The van der Waals surface area contributed by atoms with Crippen molar-refractivity contribution in [3.05, 3.63) is 65.1 Å². The van der Waals surface area contributed by atoms with E-state index in [1.54, 1.807) is 17.0 Å². The number of nitrogens with zero attached hydrogens (tertiary/aromatic N) is 3. The van der Waals surface area contributed by atoms with Gasteiger partial charge in [0.15, 0.2) is 0 Å². The van der Waals surface area contributed by atoms with Crippen molar-refractivity contribution < 1.29 is 4.79 Å². The molecule has 2 amide bonds. The molecule has 0 aromatic heterocycles. The number of anilines is 1. The Labute approximate surface area is 134 Å². The number of urea groups is 1. The van der Waals surface area contributed by atoms with Crippen LogP contribution in [-0.4, -0.2) is 36.0 Å². The fraction of sp³-hybridized carbons (Fsp3) is 0.235. The highest BCUT2D eigenvalue weighted by Gasteiger charge is 2.34. The number of hydrogen-bond donors (Lipinski definition) is 1. The molecule has 118 valence electrons. The first-order valence-electron chi connectivity index (χ1n) is 7.45. The average Bonchev–Trinajstić information content (AvgIpc) is 2.97.